The molecule has 2 rings (SSSR count). The Kier molecular flexibility index (Phi) is 6.28. The molecule has 0 radical (unpaired) electrons. The van der Waals surface area contributed by atoms with Gasteiger partial charge in [-0.2, -0.15) is 0 Å². The second kappa shape index (κ2) is 8.20. The first-order valence-electron chi connectivity index (χ1n) is 8.42. The Labute approximate surface area is 139 Å². The largest absolute Gasteiger partial charge is 0.497 e. The minimum Gasteiger partial charge on any atom is -0.497 e. The highest BCUT2D eigenvalue weighted by atomic mass is 16.5. The maximum atomic E-state index is 12.0. The van der Waals surface area contributed by atoms with Crippen LogP contribution >= 0.6 is 0 Å². The number of anilines is 1. The number of benzene rings is 1. The molecule has 0 aliphatic carbocycles. The zero-order chi connectivity index (χ0) is 16.8. The highest BCUT2D eigenvalue weighted by molar-refractivity contribution is 5.81. The molecule has 1 aliphatic rings. The summed E-state index contributed by atoms with van der Waals surface area (Å²) in [5.74, 6) is 1.75. The molecule has 0 bridgehead atoms. The zero-order valence-corrected chi connectivity index (χ0v) is 14.4. The lowest BCUT2D eigenvalue weighted by Crippen LogP contribution is -2.43. The van der Waals surface area contributed by atoms with Crippen LogP contribution in [0.5, 0.6) is 5.75 Å². The van der Waals surface area contributed by atoms with Crippen LogP contribution in [-0.2, 0) is 4.79 Å². The number of amides is 1. The fourth-order valence-corrected chi connectivity index (χ4v) is 3.03. The Bertz CT molecular complexity index is 519. The Morgan fingerprint density at radius 3 is 2.96 bits per heavy atom. The molecular weight excluding hydrogens is 290 g/mol. The van der Waals surface area contributed by atoms with Crippen molar-refractivity contribution in [1.82, 2.24) is 5.32 Å². The van der Waals surface area contributed by atoms with Gasteiger partial charge in [-0.1, -0.05) is 19.9 Å². The average molecular weight is 319 g/mol. The van der Waals surface area contributed by atoms with Crippen molar-refractivity contribution >= 4 is 11.6 Å². The summed E-state index contributed by atoms with van der Waals surface area (Å²) in [6.07, 6.45) is 1.81. The highest BCUT2D eigenvalue weighted by Crippen LogP contribution is 2.26. The van der Waals surface area contributed by atoms with E-state index >= 15 is 0 Å². The quantitative estimate of drug-likeness (QED) is 0.807. The normalized spacial score (nSPS) is 19.0. The van der Waals surface area contributed by atoms with E-state index in [1.165, 1.54) is 5.69 Å². The van der Waals surface area contributed by atoms with Crippen molar-refractivity contribution in [3.05, 3.63) is 24.3 Å². The van der Waals surface area contributed by atoms with Gasteiger partial charge in [0.1, 0.15) is 5.75 Å². The number of ether oxygens (including phenoxy) is 1. The zero-order valence-electron chi connectivity index (χ0n) is 14.4. The topological polar surface area (TPSA) is 67.6 Å². The average Bonchev–Trinajstić information content (AvgIpc) is 3.01. The molecule has 3 N–H and O–H groups in total. The summed E-state index contributed by atoms with van der Waals surface area (Å²) in [6.45, 7) is 6.82. The number of carbonyl (C=O) groups excluding carboxylic acids is 1. The third-order valence-electron chi connectivity index (χ3n) is 4.33. The minimum atomic E-state index is -0.397. The van der Waals surface area contributed by atoms with Gasteiger partial charge in [0.05, 0.1) is 13.2 Å². The van der Waals surface area contributed by atoms with E-state index in [1.54, 1.807) is 7.11 Å². The second-order valence-corrected chi connectivity index (χ2v) is 6.78. The van der Waals surface area contributed by atoms with Crippen molar-refractivity contribution in [2.75, 3.05) is 31.6 Å². The summed E-state index contributed by atoms with van der Waals surface area (Å²) in [5.41, 5.74) is 7.09. The van der Waals surface area contributed by atoms with Crippen molar-refractivity contribution in [2.24, 2.45) is 17.6 Å². The van der Waals surface area contributed by atoms with Gasteiger partial charge in [0.15, 0.2) is 0 Å². The summed E-state index contributed by atoms with van der Waals surface area (Å²) in [7, 11) is 1.68. The fraction of sp³-hybridized carbons (Fsp3) is 0.611. The number of carbonyl (C=O) groups is 1. The van der Waals surface area contributed by atoms with E-state index in [9.17, 15) is 4.79 Å². The van der Waals surface area contributed by atoms with Gasteiger partial charge in [-0.25, -0.2) is 0 Å². The van der Waals surface area contributed by atoms with Crippen LogP contribution in [0.2, 0.25) is 0 Å². The number of rotatable bonds is 7. The van der Waals surface area contributed by atoms with Crippen LogP contribution in [0.4, 0.5) is 5.69 Å². The highest BCUT2D eigenvalue weighted by Gasteiger charge is 2.24. The lowest BCUT2D eigenvalue weighted by molar-refractivity contribution is -0.122. The van der Waals surface area contributed by atoms with E-state index in [0.29, 0.717) is 18.4 Å². The van der Waals surface area contributed by atoms with Crippen molar-refractivity contribution in [1.29, 1.82) is 0 Å². The number of nitrogens with one attached hydrogen (secondary N) is 1. The first-order valence-corrected chi connectivity index (χ1v) is 8.42. The molecule has 23 heavy (non-hydrogen) atoms. The van der Waals surface area contributed by atoms with Gasteiger partial charge in [-0.3, -0.25) is 4.79 Å². The van der Waals surface area contributed by atoms with Gasteiger partial charge in [0, 0.05) is 31.4 Å². The van der Waals surface area contributed by atoms with Crippen molar-refractivity contribution in [2.45, 2.75) is 32.7 Å². The Morgan fingerprint density at radius 1 is 1.48 bits per heavy atom. The second-order valence-electron chi connectivity index (χ2n) is 6.78. The molecular formula is C18H29N3O2. The molecule has 1 saturated heterocycles. The maximum absolute atomic E-state index is 12.0. The summed E-state index contributed by atoms with van der Waals surface area (Å²) in [4.78, 5) is 14.3. The molecule has 1 aliphatic heterocycles. The van der Waals surface area contributed by atoms with Gasteiger partial charge < -0.3 is 20.7 Å². The van der Waals surface area contributed by atoms with Crippen molar-refractivity contribution in [3.63, 3.8) is 0 Å². The van der Waals surface area contributed by atoms with Crippen molar-refractivity contribution < 1.29 is 9.53 Å². The Morgan fingerprint density at radius 2 is 2.26 bits per heavy atom. The molecule has 5 heteroatoms. The van der Waals surface area contributed by atoms with Gasteiger partial charge in [-0.15, -0.1) is 0 Å². The molecule has 2 atom stereocenters. The number of hydrogen-bond donors (Lipinski definition) is 2. The lowest BCUT2D eigenvalue weighted by atomic mass is 10.0. The smallest absolute Gasteiger partial charge is 0.236 e. The van der Waals surface area contributed by atoms with Crippen molar-refractivity contribution in [3.8, 4) is 5.75 Å². The number of nitrogens with zero attached hydrogens (tertiary/aromatic N) is 1. The summed E-state index contributed by atoms with van der Waals surface area (Å²) in [6, 6.07) is 7.72. The van der Waals surface area contributed by atoms with Crippen LogP contribution in [0.1, 0.15) is 26.7 Å². The van der Waals surface area contributed by atoms with Crippen LogP contribution in [-0.4, -0.2) is 38.7 Å². The molecule has 1 heterocycles. The van der Waals surface area contributed by atoms with E-state index in [0.717, 1.165) is 31.7 Å². The third kappa shape index (κ3) is 5.13. The minimum absolute atomic E-state index is 0.0291. The van der Waals surface area contributed by atoms with E-state index in [4.69, 9.17) is 10.5 Å². The van der Waals surface area contributed by atoms with Crippen LogP contribution in [0.3, 0.4) is 0 Å². The maximum Gasteiger partial charge on any atom is 0.236 e. The first kappa shape index (κ1) is 17.6. The van der Waals surface area contributed by atoms with Crippen LogP contribution in [0, 0.1) is 11.8 Å². The van der Waals surface area contributed by atoms with Gasteiger partial charge >= 0.3 is 0 Å². The molecule has 5 nitrogen and oxygen atoms in total. The van der Waals surface area contributed by atoms with Gasteiger partial charge in [0.25, 0.3) is 0 Å². The van der Waals surface area contributed by atoms with Gasteiger partial charge in [-0.05, 0) is 36.8 Å². The van der Waals surface area contributed by atoms with Crippen LogP contribution < -0.4 is 20.7 Å². The lowest BCUT2D eigenvalue weighted by Gasteiger charge is -2.20. The fourth-order valence-electron chi connectivity index (χ4n) is 3.03. The third-order valence-corrected chi connectivity index (χ3v) is 4.33. The molecule has 0 aromatic heterocycles. The van der Waals surface area contributed by atoms with E-state index in [1.807, 2.05) is 12.1 Å². The molecule has 1 amide bonds. The van der Waals surface area contributed by atoms with Gasteiger partial charge in [0.2, 0.25) is 5.91 Å². The predicted octanol–water partition coefficient (Wildman–Crippen LogP) is 2.01. The monoisotopic (exact) mass is 319 g/mol. The first-order chi connectivity index (χ1) is 11.0. The number of methoxy groups -OCH3 is 1. The SMILES string of the molecule is COc1cccc(N2CCC(CNC(=O)[C@@H](N)CC(C)C)C2)c1. The molecule has 0 spiro atoms. The number of nitrogens with two attached hydrogens (primary N) is 1. The Balaban J connectivity index is 1.80. The summed E-state index contributed by atoms with van der Waals surface area (Å²) >= 11 is 0. The molecule has 1 aromatic rings. The van der Waals surface area contributed by atoms with Crippen LogP contribution in [0.15, 0.2) is 24.3 Å². The molecule has 1 fully saturated rings. The predicted molar refractivity (Wildman–Crippen MR) is 93.8 cm³/mol. The molecule has 1 unspecified atom stereocenters. The standard InChI is InChI=1S/C18H29N3O2/c1-13(2)9-17(19)18(22)20-11-14-7-8-21(12-14)15-5-4-6-16(10-15)23-3/h4-6,10,13-14,17H,7-9,11-12,19H2,1-3H3,(H,20,22)/t14?,17-/m0/s1. The number of hydrogen-bond acceptors (Lipinski definition) is 4. The van der Waals surface area contributed by atoms with E-state index in [-0.39, 0.29) is 5.91 Å². The molecule has 0 saturated carbocycles. The summed E-state index contributed by atoms with van der Waals surface area (Å²) in [5, 5.41) is 3.01. The Hall–Kier alpha value is -1.75. The van der Waals surface area contributed by atoms with E-state index < -0.39 is 6.04 Å². The van der Waals surface area contributed by atoms with E-state index in [2.05, 4.69) is 36.2 Å². The van der Waals surface area contributed by atoms with Crippen LogP contribution in [0.25, 0.3) is 0 Å². The molecule has 128 valence electrons. The summed E-state index contributed by atoms with van der Waals surface area (Å²) < 4.78 is 5.28. The molecule has 1 aromatic carbocycles.